The van der Waals surface area contributed by atoms with Gasteiger partial charge in [0.05, 0.1) is 18.6 Å². The number of hydrogen-bond acceptors (Lipinski definition) is 4. The van der Waals surface area contributed by atoms with Gasteiger partial charge in [-0.2, -0.15) is 0 Å². The number of hydrogen-bond donors (Lipinski definition) is 1. The highest BCUT2D eigenvalue weighted by molar-refractivity contribution is 5.79. The zero-order valence-electron chi connectivity index (χ0n) is 15.0. The van der Waals surface area contributed by atoms with E-state index in [1.165, 1.54) is 11.1 Å². The molecular weight excluding hydrogens is 326 g/mol. The van der Waals surface area contributed by atoms with Gasteiger partial charge in [0.15, 0.2) is 0 Å². The van der Waals surface area contributed by atoms with Gasteiger partial charge in [-0.05, 0) is 41.7 Å². The van der Waals surface area contributed by atoms with Gasteiger partial charge in [0, 0.05) is 38.6 Å². The largest absolute Gasteiger partial charge is 0.387 e. The van der Waals surface area contributed by atoms with Crippen molar-refractivity contribution < 1.29 is 9.90 Å². The third kappa shape index (κ3) is 3.79. The minimum Gasteiger partial charge on any atom is -0.387 e. The van der Waals surface area contributed by atoms with Gasteiger partial charge in [-0.1, -0.05) is 24.3 Å². The summed E-state index contributed by atoms with van der Waals surface area (Å²) in [5.41, 5.74) is 2.93. The normalized spacial score (nSPS) is 23.0. The fraction of sp³-hybridized carbons (Fsp3) is 0.429. The molecule has 1 N–H and O–H groups in total. The van der Waals surface area contributed by atoms with Crippen molar-refractivity contribution in [3.05, 3.63) is 65.5 Å². The topological polar surface area (TPSA) is 56.7 Å². The average molecular weight is 351 g/mol. The Hall–Kier alpha value is -2.24. The number of carbonyl (C=O) groups is 1. The molecule has 1 aromatic carbocycles. The van der Waals surface area contributed by atoms with E-state index in [9.17, 15) is 9.90 Å². The molecule has 2 aliphatic rings. The van der Waals surface area contributed by atoms with Gasteiger partial charge in [0.2, 0.25) is 5.91 Å². The van der Waals surface area contributed by atoms with E-state index in [1.807, 2.05) is 12.1 Å². The number of benzene rings is 1. The molecule has 0 spiro atoms. The van der Waals surface area contributed by atoms with E-state index in [-0.39, 0.29) is 5.91 Å². The number of aliphatic hydroxyl groups is 1. The zero-order chi connectivity index (χ0) is 18.0. The Balaban J connectivity index is 1.34. The van der Waals surface area contributed by atoms with E-state index in [4.69, 9.17) is 0 Å². The van der Waals surface area contributed by atoms with Crippen LogP contribution in [0.15, 0.2) is 48.8 Å². The van der Waals surface area contributed by atoms with Gasteiger partial charge in [-0.3, -0.25) is 14.7 Å². The van der Waals surface area contributed by atoms with Crippen LogP contribution in [0.1, 0.15) is 23.1 Å². The molecule has 0 saturated carbocycles. The predicted molar refractivity (Wildman–Crippen MR) is 99.5 cm³/mol. The number of rotatable bonds is 4. The summed E-state index contributed by atoms with van der Waals surface area (Å²) in [6, 6.07) is 12.3. The second kappa shape index (κ2) is 7.17. The lowest BCUT2D eigenvalue weighted by atomic mass is 9.97. The highest BCUT2D eigenvalue weighted by Crippen LogP contribution is 2.26. The first-order valence-electron chi connectivity index (χ1n) is 9.30. The number of likely N-dealkylation sites (tertiary alicyclic amines) is 1. The van der Waals surface area contributed by atoms with Crippen molar-refractivity contribution in [3.8, 4) is 0 Å². The van der Waals surface area contributed by atoms with Crippen LogP contribution >= 0.6 is 0 Å². The highest BCUT2D eigenvalue weighted by Gasteiger charge is 2.39. The lowest BCUT2D eigenvalue weighted by molar-refractivity contribution is -0.130. The molecule has 0 unspecified atom stereocenters. The van der Waals surface area contributed by atoms with Crippen LogP contribution in [0.25, 0.3) is 0 Å². The second-order valence-corrected chi connectivity index (χ2v) is 7.55. The van der Waals surface area contributed by atoms with Crippen molar-refractivity contribution in [2.75, 3.05) is 26.2 Å². The van der Waals surface area contributed by atoms with Crippen molar-refractivity contribution in [1.29, 1.82) is 0 Å². The van der Waals surface area contributed by atoms with E-state index in [0.717, 1.165) is 25.1 Å². The summed E-state index contributed by atoms with van der Waals surface area (Å²) in [6.45, 7) is 3.52. The van der Waals surface area contributed by atoms with E-state index < -0.39 is 5.60 Å². The van der Waals surface area contributed by atoms with E-state index in [2.05, 4.69) is 34.1 Å². The van der Waals surface area contributed by atoms with Gasteiger partial charge < -0.3 is 10.0 Å². The summed E-state index contributed by atoms with van der Waals surface area (Å²) in [4.78, 5) is 20.6. The standard InChI is InChI=1S/C21H25N3O2/c25-20(13-17-5-9-22-10-6-17)24-12-8-21(26,16-24)15-23-11-7-18-3-1-2-4-19(18)14-23/h1-6,9-10,26H,7-8,11-16H2/t21-/m1/s1. The summed E-state index contributed by atoms with van der Waals surface area (Å²) in [6.07, 6.45) is 5.45. The molecule has 2 aromatic rings. The molecule has 2 aliphatic heterocycles. The number of β-amino-alcohol motifs (C(OH)–C–C–N with tert-alkyl or cyclic N) is 1. The Bertz CT molecular complexity index is 780. The van der Waals surface area contributed by atoms with Gasteiger partial charge in [0.25, 0.3) is 0 Å². The Morgan fingerprint density at radius 1 is 1.12 bits per heavy atom. The summed E-state index contributed by atoms with van der Waals surface area (Å²) in [5.74, 6) is 0.0797. The van der Waals surface area contributed by atoms with E-state index in [0.29, 0.717) is 32.5 Å². The summed E-state index contributed by atoms with van der Waals surface area (Å²) < 4.78 is 0. The lowest BCUT2D eigenvalue weighted by Gasteiger charge is -2.34. The molecular formula is C21H25N3O2. The molecule has 3 heterocycles. The molecule has 5 nitrogen and oxygen atoms in total. The molecule has 1 aromatic heterocycles. The highest BCUT2D eigenvalue weighted by atomic mass is 16.3. The average Bonchev–Trinajstić information content (AvgIpc) is 3.04. The van der Waals surface area contributed by atoms with Crippen LogP contribution in [0.4, 0.5) is 0 Å². The molecule has 1 fully saturated rings. The fourth-order valence-electron chi connectivity index (χ4n) is 4.09. The van der Waals surface area contributed by atoms with Gasteiger partial charge in [-0.25, -0.2) is 0 Å². The third-order valence-electron chi connectivity index (χ3n) is 5.52. The Morgan fingerprint density at radius 3 is 2.69 bits per heavy atom. The van der Waals surface area contributed by atoms with Crippen molar-refractivity contribution in [3.63, 3.8) is 0 Å². The first-order chi connectivity index (χ1) is 12.6. The SMILES string of the molecule is O=C(Cc1ccncc1)N1CC[C@@](O)(CN2CCc3ccccc3C2)C1. The van der Waals surface area contributed by atoms with Crippen LogP contribution in [0.3, 0.4) is 0 Å². The van der Waals surface area contributed by atoms with Gasteiger partial charge >= 0.3 is 0 Å². The number of fused-ring (bicyclic) bond motifs is 1. The van der Waals surface area contributed by atoms with Crippen LogP contribution in [0.2, 0.25) is 0 Å². The summed E-state index contributed by atoms with van der Waals surface area (Å²) >= 11 is 0. The fourth-order valence-corrected chi connectivity index (χ4v) is 4.09. The number of carbonyl (C=O) groups excluding carboxylic acids is 1. The molecule has 0 bridgehead atoms. The number of nitrogens with zero attached hydrogens (tertiary/aromatic N) is 3. The molecule has 4 rings (SSSR count). The van der Waals surface area contributed by atoms with Crippen LogP contribution in [0, 0.1) is 0 Å². The molecule has 1 saturated heterocycles. The monoisotopic (exact) mass is 351 g/mol. The maximum atomic E-state index is 12.5. The minimum atomic E-state index is -0.805. The zero-order valence-corrected chi connectivity index (χ0v) is 15.0. The van der Waals surface area contributed by atoms with E-state index in [1.54, 1.807) is 17.3 Å². The van der Waals surface area contributed by atoms with Crippen molar-refractivity contribution in [2.45, 2.75) is 31.4 Å². The van der Waals surface area contributed by atoms with Crippen LogP contribution in [0.5, 0.6) is 0 Å². The molecule has 0 aliphatic carbocycles. The first kappa shape index (κ1) is 17.2. The minimum absolute atomic E-state index is 0.0797. The Kier molecular flexibility index (Phi) is 4.74. The smallest absolute Gasteiger partial charge is 0.227 e. The molecule has 0 radical (unpaired) electrons. The Labute approximate surface area is 154 Å². The second-order valence-electron chi connectivity index (χ2n) is 7.55. The first-order valence-corrected chi connectivity index (χ1v) is 9.30. The molecule has 136 valence electrons. The quantitative estimate of drug-likeness (QED) is 0.910. The van der Waals surface area contributed by atoms with Crippen molar-refractivity contribution >= 4 is 5.91 Å². The van der Waals surface area contributed by atoms with E-state index >= 15 is 0 Å². The third-order valence-corrected chi connectivity index (χ3v) is 5.52. The van der Waals surface area contributed by atoms with Gasteiger partial charge in [0.1, 0.15) is 0 Å². The summed E-state index contributed by atoms with van der Waals surface area (Å²) in [5, 5.41) is 11.0. The molecule has 1 atom stereocenters. The summed E-state index contributed by atoms with van der Waals surface area (Å²) in [7, 11) is 0. The predicted octanol–water partition coefficient (Wildman–Crippen LogP) is 1.65. The number of pyridine rings is 1. The molecule has 1 amide bonds. The molecule has 26 heavy (non-hydrogen) atoms. The maximum absolute atomic E-state index is 12.5. The van der Waals surface area contributed by atoms with Crippen LogP contribution < -0.4 is 0 Å². The maximum Gasteiger partial charge on any atom is 0.227 e. The van der Waals surface area contributed by atoms with Crippen molar-refractivity contribution in [2.24, 2.45) is 0 Å². The number of amides is 1. The van der Waals surface area contributed by atoms with Gasteiger partial charge in [-0.15, -0.1) is 0 Å². The van der Waals surface area contributed by atoms with Crippen LogP contribution in [-0.2, 0) is 24.2 Å². The Morgan fingerprint density at radius 2 is 1.88 bits per heavy atom. The van der Waals surface area contributed by atoms with Crippen molar-refractivity contribution in [1.82, 2.24) is 14.8 Å². The molecule has 5 heteroatoms. The lowest BCUT2D eigenvalue weighted by Crippen LogP contribution is -2.47. The number of aromatic nitrogens is 1. The van der Waals surface area contributed by atoms with Crippen LogP contribution in [-0.4, -0.2) is 57.6 Å².